The van der Waals surface area contributed by atoms with E-state index in [2.05, 4.69) is 5.32 Å². The lowest BCUT2D eigenvalue weighted by molar-refractivity contribution is -0.132. The van der Waals surface area contributed by atoms with Crippen LogP contribution in [-0.4, -0.2) is 44.8 Å². The zero-order valence-electron chi connectivity index (χ0n) is 17.2. The van der Waals surface area contributed by atoms with Crippen LogP contribution in [0.3, 0.4) is 0 Å². The monoisotopic (exact) mass is 445 g/mol. The molecule has 1 aromatic carbocycles. The summed E-state index contributed by atoms with van der Waals surface area (Å²) in [6, 6.07) is 2.10. The Bertz CT molecular complexity index is 1200. The molecule has 3 aliphatic rings. The van der Waals surface area contributed by atoms with Gasteiger partial charge in [0.1, 0.15) is 17.2 Å². The maximum absolute atomic E-state index is 14.0. The molecule has 1 saturated heterocycles. The number of carbonyl (C=O) groups excluding carboxylic acids is 2. The van der Waals surface area contributed by atoms with Crippen LogP contribution in [-0.2, 0) is 11.3 Å². The number of amides is 2. The van der Waals surface area contributed by atoms with Gasteiger partial charge in [0, 0.05) is 23.9 Å². The first-order chi connectivity index (χ1) is 15.2. The van der Waals surface area contributed by atoms with Crippen molar-refractivity contribution in [2.75, 3.05) is 0 Å². The van der Waals surface area contributed by atoms with E-state index >= 15 is 0 Å². The van der Waals surface area contributed by atoms with Gasteiger partial charge in [0.05, 0.1) is 18.7 Å². The summed E-state index contributed by atoms with van der Waals surface area (Å²) >= 11 is 0. The second kappa shape index (κ2) is 7.40. The lowest BCUT2D eigenvalue weighted by Gasteiger charge is -2.44. The lowest BCUT2D eigenvalue weighted by atomic mass is 10.1. The Morgan fingerprint density at radius 2 is 2.06 bits per heavy atom. The van der Waals surface area contributed by atoms with Crippen molar-refractivity contribution in [3.8, 4) is 5.75 Å². The van der Waals surface area contributed by atoms with Crippen LogP contribution in [0, 0.1) is 11.6 Å². The SMILES string of the molecule is C[C@@H](NC(=O)c1cn2c(c(O)c1=O)C(=O)N1[C@H]3CC[C@H](C3)O[C@@H]1C2)c1ccc(F)cc1F. The molecular weight excluding hydrogens is 424 g/mol. The van der Waals surface area contributed by atoms with Gasteiger partial charge in [0.15, 0.2) is 17.7 Å². The van der Waals surface area contributed by atoms with E-state index in [1.807, 2.05) is 0 Å². The molecule has 1 aliphatic carbocycles. The molecule has 2 amide bonds. The molecule has 2 bridgehead atoms. The molecule has 8 nitrogen and oxygen atoms in total. The average Bonchev–Trinajstić information content (AvgIpc) is 3.11. The highest BCUT2D eigenvalue weighted by molar-refractivity contribution is 5.99. The van der Waals surface area contributed by atoms with Gasteiger partial charge in [-0.2, -0.15) is 0 Å². The normalized spacial score (nSPS) is 24.7. The summed E-state index contributed by atoms with van der Waals surface area (Å²) in [6.45, 7) is 1.65. The molecule has 0 spiro atoms. The van der Waals surface area contributed by atoms with Crippen LogP contribution >= 0.6 is 0 Å². The van der Waals surface area contributed by atoms with E-state index in [4.69, 9.17) is 4.74 Å². The fraction of sp³-hybridized carbons (Fsp3) is 0.409. The van der Waals surface area contributed by atoms with E-state index < -0.39 is 46.9 Å². The van der Waals surface area contributed by atoms with Crippen molar-refractivity contribution in [2.24, 2.45) is 0 Å². The first-order valence-electron chi connectivity index (χ1n) is 10.4. The quantitative estimate of drug-likeness (QED) is 0.753. The molecule has 168 valence electrons. The Hall–Kier alpha value is -3.27. The van der Waals surface area contributed by atoms with E-state index in [1.165, 1.54) is 23.8 Å². The first kappa shape index (κ1) is 20.6. The fourth-order valence-electron chi connectivity index (χ4n) is 4.92. The van der Waals surface area contributed by atoms with Crippen molar-refractivity contribution in [1.82, 2.24) is 14.8 Å². The second-order valence-corrected chi connectivity index (χ2v) is 8.47. The van der Waals surface area contributed by atoms with Crippen LogP contribution in [0.4, 0.5) is 8.78 Å². The number of ether oxygens (including phenoxy) is 1. The largest absolute Gasteiger partial charge is 0.503 e. The number of rotatable bonds is 3. The number of halogens is 2. The van der Waals surface area contributed by atoms with Crippen LogP contribution in [0.15, 0.2) is 29.2 Å². The van der Waals surface area contributed by atoms with Crippen molar-refractivity contribution in [3.63, 3.8) is 0 Å². The number of benzene rings is 1. The summed E-state index contributed by atoms with van der Waals surface area (Å²) in [7, 11) is 0. The van der Waals surface area contributed by atoms with Gasteiger partial charge in [-0.3, -0.25) is 14.4 Å². The Morgan fingerprint density at radius 1 is 1.28 bits per heavy atom. The second-order valence-electron chi connectivity index (χ2n) is 8.47. The van der Waals surface area contributed by atoms with Crippen molar-refractivity contribution in [1.29, 1.82) is 0 Å². The molecule has 10 heteroatoms. The summed E-state index contributed by atoms with van der Waals surface area (Å²) in [4.78, 5) is 40.2. The van der Waals surface area contributed by atoms with Gasteiger partial charge in [0.2, 0.25) is 5.43 Å². The maximum atomic E-state index is 14.0. The fourth-order valence-corrected chi connectivity index (χ4v) is 4.92. The third-order valence-corrected chi connectivity index (χ3v) is 6.48. The van der Waals surface area contributed by atoms with Gasteiger partial charge in [-0.05, 0) is 32.3 Å². The van der Waals surface area contributed by atoms with Gasteiger partial charge in [0.25, 0.3) is 11.8 Å². The number of carbonyl (C=O) groups is 2. The average molecular weight is 445 g/mol. The summed E-state index contributed by atoms with van der Waals surface area (Å²) < 4.78 is 34.5. The summed E-state index contributed by atoms with van der Waals surface area (Å²) in [5.41, 5.74) is -1.51. The van der Waals surface area contributed by atoms with Gasteiger partial charge in [-0.1, -0.05) is 6.07 Å². The molecule has 5 rings (SSSR count). The standard InChI is InChI=1S/C22H21F2N3O5/c1-10(14-5-2-11(23)6-16(14)24)25-21(30)15-8-26-9-17-27(12-3-4-13(7-12)32-17)22(31)18(26)20(29)19(15)28/h2,5-6,8,10,12-13,17,29H,3-4,7,9H2,1H3,(H,25,30)/t10-,12+,13-,17-/m1/s1. The lowest BCUT2D eigenvalue weighted by Crippen LogP contribution is -2.57. The molecule has 0 radical (unpaired) electrons. The Balaban J connectivity index is 1.46. The van der Waals surface area contributed by atoms with Gasteiger partial charge >= 0.3 is 0 Å². The predicted octanol–water partition coefficient (Wildman–Crippen LogP) is 2.06. The minimum absolute atomic E-state index is 0.00364. The highest BCUT2D eigenvalue weighted by Crippen LogP contribution is 2.38. The predicted molar refractivity (Wildman–Crippen MR) is 107 cm³/mol. The molecule has 4 atom stereocenters. The highest BCUT2D eigenvalue weighted by atomic mass is 19.1. The van der Waals surface area contributed by atoms with E-state index in [0.717, 1.165) is 25.3 Å². The molecule has 0 unspecified atom stereocenters. The summed E-state index contributed by atoms with van der Waals surface area (Å²) in [5.74, 6) is -3.75. The first-order valence-corrected chi connectivity index (χ1v) is 10.4. The third-order valence-electron chi connectivity index (χ3n) is 6.48. The van der Waals surface area contributed by atoms with E-state index in [-0.39, 0.29) is 35.5 Å². The van der Waals surface area contributed by atoms with Crippen LogP contribution in [0.25, 0.3) is 0 Å². The zero-order chi connectivity index (χ0) is 22.7. The number of hydrogen-bond donors (Lipinski definition) is 2. The van der Waals surface area contributed by atoms with Crippen LogP contribution in [0.5, 0.6) is 5.75 Å². The number of nitrogens with zero attached hydrogens (tertiary/aromatic N) is 2. The summed E-state index contributed by atoms with van der Waals surface area (Å²) in [6.07, 6.45) is 3.12. The minimum Gasteiger partial charge on any atom is -0.503 e. The smallest absolute Gasteiger partial charge is 0.276 e. The molecule has 3 heterocycles. The third kappa shape index (κ3) is 3.17. The molecule has 1 aromatic heterocycles. The van der Waals surface area contributed by atoms with Crippen molar-refractivity contribution >= 4 is 11.8 Å². The molecule has 2 N–H and O–H groups in total. The molecule has 2 aromatic rings. The number of hydrogen-bond acceptors (Lipinski definition) is 5. The van der Waals surface area contributed by atoms with Crippen LogP contribution < -0.4 is 10.7 Å². The van der Waals surface area contributed by atoms with Gasteiger partial charge in [-0.15, -0.1) is 0 Å². The zero-order valence-corrected chi connectivity index (χ0v) is 17.2. The number of aromatic hydroxyl groups is 1. The highest BCUT2D eigenvalue weighted by Gasteiger charge is 2.47. The Labute approximate surface area is 181 Å². The molecular formula is C22H21F2N3O5. The molecule has 32 heavy (non-hydrogen) atoms. The van der Waals surface area contributed by atoms with Gasteiger partial charge in [-0.25, -0.2) is 8.78 Å². The summed E-state index contributed by atoms with van der Waals surface area (Å²) in [5, 5.41) is 13.0. The number of fused-ring (bicyclic) bond motifs is 5. The molecule has 2 aliphatic heterocycles. The van der Waals surface area contributed by atoms with Gasteiger partial charge < -0.3 is 24.6 Å². The molecule has 2 fully saturated rings. The number of aromatic nitrogens is 1. The maximum Gasteiger partial charge on any atom is 0.276 e. The molecule has 1 saturated carbocycles. The van der Waals surface area contributed by atoms with Crippen LogP contribution in [0.2, 0.25) is 0 Å². The van der Waals surface area contributed by atoms with Crippen LogP contribution in [0.1, 0.15) is 58.6 Å². The van der Waals surface area contributed by atoms with Crippen molar-refractivity contribution in [3.05, 3.63) is 63.1 Å². The van der Waals surface area contributed by atoms with Crippen molar-refractivity contribution < 1.29 is 28.2 Å². The Morgan fingerprint density at radius 3 is 2.81 bits per heavy atom. The minimum atomic E-state index is -0.991. The topological polar surface area (TPSA) is 101 Å². The van der Waals surface area contributed by atoms with Crippen molar-refractivity contribution in [2.45, 2.75) is 57.1 Å². The van der Waals surface area contributed by atoms with E-state index in [0.29, 0.717) is 6.07 Å². The van der Waals surface area contributed by atoms with E-state index in [9.17, 15) is 28.3 Å². The Kier molecular flexibility index (Phi) is 4.77. The number of pyridine rings is 1. The number of nitrogens with one attached hydrogen (secondary N) is 1. The van der Waals surface area contributed by atoms with E-state index in [1.54, 1.807) is 4.90 Å².